The average molecular weight is 444 g/mol. The van der Waals surface area contributed by atoms with Crippen LogP contribution in [-0.2, 0) is 5.75 Å². The zero-order chi connectivity index (χ0) is 21.8. The van der Waals surface area contributed by atoms with Crippen molar-refractivity contribution in [2.24, 2.45) is 0 Å². The van der Waals surface area contributed by atoms with E-state index in [0.29, 0.717) is 48.1 Å². The molecule has 1 aliphatic heterocycles. The number of benzene rings is 1. The average Bonchev–Trinajstić information content (AvgIpc) is 2.73. The Labute approximate surface area is 184 Å². The predicted octanol–water partition coefficient (Wildman–Crippen LogP) is 5.97. The van der Waals surface area contributed by atoms with E-state index in [2.05, 4.69) is 15.3 Å². The predicted molar refractivity (Wildman–Crippen MR) is 119 cm³/mol. The van der Waals surface area contributed by atoms with Gasteiger partial charge in [-0.1, -0.05) is 6.07 Å². The van der Waals surface area contributed by atoms with Crippen molar-refractivity contribution in [2.45, 2.75) is 31.6 Å². The molecule has 2 aromatic heterocycles. The third-order valence-corrected chi connectivity index (χ3v) is 5.48. The summed E-state index contributed by atoms with van der Waals surface area (Å²) in [5.41, 5.74) is 1.86. The first-order valence-electron chi connectivity index (χ1n) is 10.0. The summed E-state index contributed by atoms with van der Waals surface area (Å²) in [6, 6.07) is 9.74. The lowest BCUT2D eigenvalue weighted by Gasteiger charge is -2.17. The van der Waals surface area contributed by atoms with Gasteiger partial charge in [0.2, 0.25) is 5.88 Å². The normalized spacial score (nSPS) is 16.1. The van der Waals surface area contributed by atoms with Gasteiger partial charge in [-0.2, -0.15) is 16.7 Å². The van der Waals surface area contributed by atoms with Crippen molar-refractivity contribution in [2.75, 3.05) is 18.2 Å². The number of halogens is 2. The highest BCUT2D eigenvalue weighted by Gasteiger charge is 2.14. The topological polar surface area (TPSA) is 56.3 Å². The number of hydrogen-bond acceptors (Lipinski definition) is 6. The number of nitrogens with zero attached hydrogens (tertiary/aromatic N) is 2. The Morgan fingerprint density at radius 1 is 1.13 bits per heavy atom. The van der Waals surface area contributed by atoms with Crippen LogP contribution in [0.2, 0.25) is 0 Å². The van der Waals surface area contributed by atoms with Gasteiger partial charge in [0.05, 0.1) is 18.9 Å². The molecule has 0 spiro atoms. The highest BCUT2D eigenvalue weighted by molar-refractivity contribution is 7.97. The molecule has 0 radical (unpaired) electrons. The molecule has 0 fully saturated rings. The smallest absolute Gasteiger partial charge is 0.215 e. The molecule has 0 amide bonds. The SMILES string of the molecule is CSCc1cc2nc(c1)OC(C)CCCOc1cc(ccc1F)-c1cc(ncc1F)N2. The van der Waals surface area contributed by atoms with Crippen LogP contribution in [0.15, 0.2) is 42.6 Å². The molecule has 0 saturated heterocycles. The summed E-state index contributed by atoms with van der Waals surface area (Å²) < 4.78 is 40.4. The second-order valence-electron chi connectivity index (χ2n) is 7.37. The molecule has 1 aliphatic rings. The van der Waals surface area contributed by atoms with Gasteiger partial charge in [-0.15, -0.1) is 0 Å². The maximum absolute atomic E-state index is 14.6. The van der Waals surface area contributed by atoms with Gasteiger partial charge in [0, 0.05) is 17.4 Å². The summed E-state index contributed by atoms with van der Waals surface area (Å²) >= 11 is 1.70. The van der Waals surface area contributed by atoms with Crippen LogP contribution < -0.4 is 14.8 Å². The molecular formula is C23H23F2N3O2S. The number of hydrogen-bond donors (Lipinski definition) is 1. The second kappa shape index (κ2) is 9.51. The molecule has 0 aliphatic carbocycles. The molecule has 1 N–H and O–H groups in total. The summed E-state index contributed by atoms with van der Waals surface area (Å²) in [5.74, 6) is 1.40. The van der Waals surface area contributed by atoms with Crippen molar-refractivity contribution in [3.8, 4) is 22.8 Å². The van der Waals surface area contributed by atoms with E-state index in [-0.39, 0.29) is 11.9 Å². The lowest BCUT2D eigenvalue weighted by molar-refractivity contribution is 0.186. The molecule has 3 aromatic rings. The zero-order valence-electron chi connectivity index (χ0n) is 17.3. The molecule has 6 bridgehead atoms. The lowest BCUT2D eigenvalue weighted by atomic mass is 10.1. The summed E-state index contributed by atoms with van der Waals surface area (Å²) in [4.78, 5) is 8.69. The minimum absolute atomic E-state index is 0.0897. The first-order valence-corrected chi connectivity index (χ1v) is 11.4. The molecular weight excluding hydrogens is 420 g/mol. The van der Waals surface area contributed by atoms with Crippen molar-refractivity contribution in [3.05, 3.63) is 59.8 Å². The molecule has 8 heteroatoms. The highest BCUT2D eigenvalue weighted by atomic mass is 32.2. The fraction of sp³-hybridized carbons (Fsp3) is 0.304. The standard InChI is InChI=1S/C23H23F2N3O2S/c1-14-4-3-7-29-20-10-16(5-6-18(20)24)17-11-21(26-12-19(17)25)27-22-8-15(13-31-2)9-23(28-22)30-14/h5-6,8-12,14H,3-4,7,13H2,1-2H3,(H,26,27,28). The van der Waals surface area contributed by atoms with Crippen molar-refractivity contribution >= 4 is 23.4 Å². The molecule has 1 atom stereocenters. The largest absolute Gasteiger partial charge is 0.490 e. The Morgan fingerprint density at radius 3 is 2.84 bits per heavy atom. The Kier molecular flexibility index (Phi) is 6.56. The zero-order valence-corrected chi connectivity index (χ0v) is 18.1. The number of fused-ring (bicyclic) bond motifs is 7. The summed E-state index contributed by atoms with van der Waals surface area (Å²) in [6.07, 6.45) is 4.46. The van der Waals surface area contributed by atoms with Gasteiger partial charge in [-0.3, -0.25) is 0 Å². The molecule has 4 rings (SSSR count). The van der Waals surface area contributed by atoms with E-state index >= 15 is 0 Å². The van der Waals surface area contributed by atoms with Gasteiger partial charge in [0.25, 0.3) is 0 Å². The molecule has 3 heterocycles. The fourth-order valence-corrected chi connectivity index (χ4v) is 3.89. The fourth-order valence-electron chi connectivity index (χ4n) is 3.39. The first-order chi connectivity index (χ1) is 15.0. The van der Waals surface area contributed by atoms with Crippen LogP contribution >= 0.6 is 11.8 Å². The van der Waals surface area contributed by atoms with Crippen LogP contribution in [0.1, 0.15) is 25.3 Å². The van der Waals surface area contributed by atoms with E-state index in [1.165, 1.54) is 18.2 Å². The number of ether oxygens (including phenoxy) is 2. The number of nitrogens with one attached hydrogen (secondary N) is 1. The van der Waals surface area contributed by atoms with Crippen LogP contribution in [-0.4, -0.2) is 28.9 Å². The van der Waals surface area contributed by atoms with Crippen molar-refractivity contribution < 1.29 is 18.3 Å². The Balaban J connectivity index is 1.77. The molecule has 162 valence electrons. The minimum atomic E-state index is -0.508. The van der Waals surface area contributed by atoms with Crippen LogP contribution in [0.4, 0.5) is 20.4 Å². The summed E-state index contributed by atoms with van der Waals surface area (Å²) in [6.45, 7) is 2.29. The lowest BCUT2D eigenvalue weighted by Crippen LogP contribution is -2.15. The third kappa shape index (κ3) is 5.25. The monoisotopic (exact) mass is 443 g/mol. The van der Waals surface area contributed by atoms with Gasteiger partial charge in [0.1, 0.15) is 17.5 Å². The molecule has 0 saturated carbocycles. The number of aromatic nitrogens is 2. The summed E-state index contributed by atoms with van der Waals surface area (Å²) in [5, 5.41) is 3.14. The first kappa shape index (κ1) is 21.4. The van der Waals surface area contributed by atoms with Crippen molar-refractivity contribution in [3.63, 3.8) is 0 Å². The van der Waals surface area contributed by atoms with Gasteiger partial charge in [-0.25, -0.2) is 13.8 Å². The molecule has 1 aromatic carbocycles. The highest BCUT2D eigenvalue weighted by Crippen LogP contribution is 2.31. The van der Waals surface area contributed by atoms with E-state index in [9.17, 15) is 8.78 Å². The number of pyridine rings is 2. The Morgan fingerprint density at radius 2 is 2.00 bits per heavy atom. The van der Waals surface area contributed by atoms with Gasteiger partial charge in [-0.05, 0) is 61.4 Å². The van der Waals surface area contributed by atoms with Gasteiger partial charge < -0.3 is 14.8 Å². The van der Waals surface area contributed by atoms with E-state index in [4.69, 9.17) is 9.47 Å². The van der Waals surface area contributed by atoms with Gasteiger partial charge in [0.15, 0.2) is 11.6 Å². The Hall–Kier alpha value is -2.87. The maximum Gasteiger partial charge on any atom is 0.215 e. The number of anilines is 2. The van der Waals surface area contributed by atoms with Gasteiger partial charge >= 0.3 is 0 Å². The molecule has 5 nitrogen and oxygen atoms in total. The van der Waals surface area contributed by atoms with Crippen LogP contribution in [0.5, 0.6) is 11.6 Å². The van der Waals surface area contributed by atoms with E-state index in [0.717, 1.165) is 17.5 Å². The van der Waals surface area contributed by atoms with Crippen LogP contribution in [0, 0.1) is 11.6 Å². The Bertz CT molecular complexity index is 1080. The van der Waals surface area contributed by atoms with Crippen molar-refractivity contribution in [1.29, 1.82) is 0 Å². The van der Waals surface area contributed by atoms with Crippen molar-refractivity contribution in [1.82, 2.24) is 9.97 Å². The van der Waals surface area contributed by atoms with Crippen LogP contribution in [0.3, 0.4) is 0 Å². The number of thioether (sulfide) groups is 1. The van der Waals surface area contributed by atoms with E-state index < -0.39 is 11.6 Å². The minimum Gasteiger partial charge on any atom is -0.490 e. The second-order valence-corrected chi connectivity index (χ2v) is 8.24. The van der Waals surface area contributed by atoms with E-state index in [1.54, 1.807) is 17.8 Å². The summed E-state index contributed by atoms with van der Waals surface area (Å²) in [7, 11) is 0. The number of rotatable bonds is 2. The van der Waals surface area contributed by atoms with E-state index in [1.807, 2.05) is 25.3 Å². The third-order valence-electron chi connectivity index (χ3n) is 4.86. The quantitative estimate of drug-likeness (QED) is 0.527. The molecule has 31 heavy (non-hydrogen) atoms. The van der Waals surface area contributed by atoms with Crippen LogP contribution in [0.25, 0.3) is 11.1 Å². The maximum atomic E-state index is 14.6. The molecule has 1 unspecified atom stereocenters.